The van der Waals surface area contributed by atoms with E-state index in [9.17, 15) is 4.79 Å². The van der Waals surface area contributed by atoms with E-state index < -0.39 is 5.97 Å². The second-order valence-electron chi connectivity index (χ2n) is 2.99. The van der Waals surface area contributed by atoms with Gasteiger partial charge in [-0.05, 0) is 24.8 Å². The number of nitrogen functional groups attached to an aromatic ring is 1. The highest BCUT2D eigenvalue weighted by Gasteiger charge is 2.17. The first-order valence-electron chi connectivity index (χ1n) is 4.22. The lowest BCUT2D eigenvalue weighted by molar-refractivity contribution is 0.0697. The summed E-state index contributed by atoms with van der Waals surface area (Å²) in [5, 5.41) is 9.14. The fraction of sp³-hybridized carbons (Fsp3) is 0.300. The third-order valence-corrected chi connectivity index (χ3v) is 3.10. The maximum Gasteiger partial charge on any atom is 0.338 e. The first-order chi connectivity index (χ1) is 6.57. The minimum Gasteiger partial charge on any atom is -0.478 e. The van der Waals surface area contributed by atoms with E-state index in [0.717, 1.165) is 5.56 Å². The number of carbonyl (C=O) groups is 1. The van der Waals surface area contributed by atoms with Crippen LogP contribution < -0.4 is 5.73 Å². The molecule has 0 aliphatic heterocycles. The number of carboxylic acid groups (broad SMARTS) is 1. The van der Waals surface area contributed by atoms with E-state index in [0.29, 0.717) is 5.69 Å². The van der Waals surface area contributed by atoms with Gasteiger partial charge in [-0.2, -0.15) is 11.8 Å². The number of aromatic carboxylic acids is 1. The van der Waals surface area contributed by atoms with Gasteiger partial charge >= 0.3 is 5.97 Å². The largest absolute Gasteiger partial charge is 0.478 e. The van der Waals surface area contributed by atoms with E-state index >= 15 is 0 Å². The van der Waals surface area contributed by atoms with Crippen molar-refractivity contribution in [3.63, 3.8) is 0 Å². The molecule has 0 radical (unpaired) electrons. The first-order valence-corrected chi connectivity index (χ1v) is 5.51. The standard InChI is InChI=1S/C10H13NO2S/c1-6(14-2)7-4-3-5-8(11)9(7)10(12)13/h3-6H,11H2,1-2H3,(H,12,13). The molecule has 0 heterocycles. The summed E-state index contributed by atoms with van der Waals surface area (Å²) in [7, 11) is 0. The lowest BCUT2D eigenvalue weighted by Gasteiger charge is -2.13. The Bertz CT molecular complexity index is 352. The zero-order chi connectivity index (χ0) is 10.7. The van der Waals surface area contributed by atoms with Crippen LogP contribution in [-0.4, -0.2) is 17.3 Å². The molecule has 1 rings (SSSR count). The van der Waals surface area contributed by atoms with Crippen LogP contribution in [0.3, 0.4) is 0 Å². The van der Waals surface area contributed by atoms with Crippen LogP contribution in [0.5, 0.6) is 0 Å². The Morgan fingerprint density at radius 3 is 2.71 bits per heavy atom. The molecule has 0 fully saturated rings. The van der Waals surface area contributed by atoms with E-state index in [1.165, 1.54) is 0 Å². The molecule has 4 heteroatoms. The number of benzene rings is 1. The molecule has 0 spiro atoms. The Hall–Kier alpha value is -1.16. The van der Waals surface area contributed by atoms with Crippen LogP contribution in [0, 0.1) is 0 Å². The summed E-state index contributed by atoms with van der Waals surface area (Å²) in [4.78, 5) is 11.0. The highest BCUT2D eigenvalue weighted by Crippen LogP contribution is 2.31. The van der Waals surface area contributed by atoms with Gasteiger partial charge < -0.3 is 10.8 Å². The Kier molecular flexibility index (Phi) is 3.41. The summed E-state index contributed by atoms with van der Waals surface area (Å²) >= 11 is 1.60. The lowest BCUT2D eigenvalue weighted by atomic mass is 10.0. The topological polar surface area (TPSA) is 63.3 Å². The average Bonchev–Trinajstić information content (AvgIpc) is 2.15. The van der Waals surface area contributed by atoms with E-state index in [-0.39, 0.29) is 10.8 Å². The summed E-state index contributed by atoms with van der Waals surface area (Å²) in [5.74, 6) is -0.959. The molecule has 3 N–H and O–H groups in total. The Morgan fingerprint density at radius 2 is 2.21 bits per heavy atom. The van der Waals surface area contributed by atoms with Crippen LogP contribution in [0.25, 0.3) is 0 Å². The number of anilines is 1. The van der Waals surface area contributed by atoms with Crippen LogP contribution in [0.1, 0.15) is 28.1 Å². The zero-order valence-electron chi connectivity index (χ0n) is 8.15. The fourth-order valence-corrected chi connectivity index (χ4v) is 1.75. The molecule has 3 nitrogen and oxygen atoms in total. The molecule has 76 valence electrons. The van der Waals surface area contributed by atoms with Crippen molar-refractivity contribution in [2.24, 2.45) is 0 Å². The second kappa shape index (κ2) is 4.37. The normalized spacial score (nSPS) is 12.4. The molecule has 0 bridgehead atoms. The van der Waals surface area contributed by atoms with Crippen LogP contribution in [0.15, 0.2) is 18.2 Å². The van der Waals surface area contributed by atoms with Crippen LogP contribution in [0.2, 0.25) is 0 Å². The van der Waals surface area contributed by atoms with E-state index in [1.54, 1.807) is 30.0 Å². The molecule has 1 aromatic rings. The summed E-state index contributed by atoms with van der Waals surface area (Å²) in [6, 6.07) is 5.20. The average molecular weight is 211 g/mol. The fourth-order valence-electron chi connectivity index (χ4n) is 1.30. The molecule has 0 saturated carbocycles. The van der Waals surface area contributed by atoms with Gasteiger partial charge in [-0.1, -0.05) is 12.1 Å². The smallest absolute Gasteiger partial charge is 0.338 e. The summed E-state index contributed by atoms with van der Waals surface area (Å²) in [6.07, 6.45) is 1.94. The first kappa shape index (κ1) is 10.9. The van der Waals surface area contributed by atoms with Crippen molar-refractivity contribution in [1.29, 1.82) is 0 Å². The molecule has 0 aromatic heterocycles. The van der Waals surface area contributed by atoms with Crippen molar-refractivity contribution >= 4 is 23.4 Å². The SMILES string of the molecule is CSC(C)c1cccc(N)c1C(=O)O. The third-order valence-electron chi connectivity index (χ3n) is 2.13. The van der Waals surface area contributed by atoms with Crippen LogP contribution >= 0.6 is 11.8 Å². The predicted octanol–water partition coefficient (Wildman–Crippen LogP) is 2.39. The zero-order valence-corrected chi connectivity index (χ0v) is 8.97. The van der Waals surface area contributed by atoms with Crippen molar-refractivity contribution in [2.45, 2.75) is 12.2 Å². The molecule has 0 aliphatic carbocycles. The van der Waals surface area contributed by atoms with Gasteiger partial charge in [-0.25, -0.2) is 4.79 Å². The number of nitrogens with two attached hydrogens (primary N) is 1. The van der Waals surface area contributed by atoms with Crippen molar-refractivity contribution in [3.8, 4) is 0 Å². The Labute approximate surface area is 87.3 Å². The van der Waals surface area contributed by atoms with Crippen LogP contribution in [-0.2, 0) is 0 Å². The minimum atomic E-state index is -0.959. The molecule has 1 atom stereocenters. The summed E-state index contributed by atoms with van der Waals surface area (Å²) in [6.45, 7) is 1.96. The molecular formula is C10H13NO2S. The second-order valence-corrected chi connectivity index (χ2v) is 4.17. The van der Waals surface area contributed by atoms with E-state index in [2.05, 4.69) is 0 Å². The van der Waals surface area contributed by atoms with Gasteiger partial charge in [-0.3, -0.25) is 0 Å². The number of carboxylic acids is 1. The van der Waals surface area contributed by atoms with E-state index in [4.69, 9.17) is 10.8 Å². The third kappa shape index (κ3) is 2.01. The Balaban J connectivity index is 3.28. The molecule has 14 heavy (non-hydrogen) atoms. The van der Waals surface area contributed by atoms with Gasteiger partial charge in [0.2, 0.25) is 0 Å². The molecule has 0 saturated heterocycles. The van der Waals surface area contributed by atoms with E-state index in [1.807, 2.05) is 13.2 Å². The monoisotopic (exact) mass is 211 g/mol. The molecule has 1 unspecified atom stereocenters. The van der Waals surface area contributed by atoms with Gasteiger partial charge in [-0.15, -0.1) is 0 Å². The molecule has 0 amide bonds. The molecule has 0 aliphatic rings. The number of rotatable bonds is 3. The van der Waals surface area contributed by atoms with Gasteiger partial charge in [0, 0.05) is 10.9 Å². The maximum absolute atomic E-state index is 11.0. The lowest BCUT2D eigenvalue weighted by Crippen LogP contribution is -2.07. The number of thioether (sulfide) groups is 1. The Morgan fingerprint density at radius 1 is 1.57 bits per heavy atom. The number of hydrogen-bond donors (Lipinski definition) is 2. The minimum absolute atomic E-state index is 0.143. The highest BCUT2D eigenvalue weighted by atomic mass is 32.2. The van der Waals surface area contributed by atoms with Gasteiger partial charge in [0.25, 0.3) is 0 Å². The van der Waals surface area contributed by atoms with Gasteiger partial charge in [0.15, 0.2) is 0 Å². The molecule has 1 aromatic carbocycles. The van der Waals surface area contributed by atoms with Crippen molar-refractivity contribution in [2.75, 3.05) is 12.0 Å². The quantitative estimate of drug-likeness (QED) is 0.753. The maximum atomic E-state index is 11.0. The molecular weight excluding hydrogens is 198 g/mol. The predicted molar refractivity (Wildman–Crippen MR) is 59.7 cm³/mol. The highest BCUT2D eigenvalue weighted by molar-refractivity contribution is 7.98. The van der Waals surface area contributed by atoms with Crippen molar-refractivity contribution in [3.05, 3.63) is 29.3 Å². The summed E-state index contributed by atoms with van der Waals surface area (Å²) < 4.78 is 0. The summed E-state index contributed by atoms with van der Waals surface area (Å²) in [5.41, 5.74) is 6.97. The van der Waals surface area contributed by atoms with Gasteiger partial charge in [0.05, 0.1) is 5.56 Å². The van der Waals surface area contributed by atoms with Gasteiger partial charge in [0.1, 0.15) is 0 Å². The van der Waals surface area contributed by atoms with Crippen molar-refractivity contribution in [1.82, 2.24) is 0 Å². The van der Waals surface area contributed by atoms with Crippen molar-refractivity contribution < 1.29 is 9.90 Å². The van der Waals surface area contributed by atoms with Crippen LogP contribution in [0.4, 0.5) is 5.69 Å². The number of hydrogen-bond acceptors (Lipinski definition) is 3.